The highest BCUT2D eigenvalue weighted by atomic mass is 32.2. The summed E-state index contributed by atoms with van der Waals surface area (Å²) in [6.07, 6.45) is 1.33. The Morgan fingerprint density at radius 2 is 1.75 bits per heavy atom. The van der Waals surface area contributed by atoms with Crippen LogP contribution in [0.1, 0.15) is 33.6 Å². The molecular weight excluding hydrogens is 276 g/mol. The molecule has 1 atom stereocenters. The Bertz CT molecular complexity index is 496. The van der Waals surface area contributed by atoms with E-state index >= 15 is 0 Å². The predicted octanol–water partition coefficient (Wildman–Crippen LogP) is 1.95. The van der Waals surface area contributed by atoms with Crippen molar-refractivity contribution < 1.29 is 13.5 Å². The van der Waals surface area contributed by atoms with E-state index in [4.69, 9.17) is 5.11 Å². The zero-order valence-corrected chi connectivity index (χ0v) is 13.1. The normalized spacial score (nSPS) is 13.4. The van der Waals surface area contributed by atoms with Crippen molar-refractivity contribution in [3.8, 4) is 0 Å². The van der Waals surface area contributed by atoms with Gasteiger partial charge >= 0.3 is 0 Å². The third-order valence-electron chi connectivity index (χ3n) is 2.68. The Morgan fingerprint density at radius 3 is 2.25 bits per heavy atom. The van der Waals surface area contributed by atoms with Gasteiger partial charge in [-0.3, -0.25) is 0 Å². The van der Waals surface area contributed by atoms with Gasteiger partial charge in [0.2, 0.25) is 10.0 Å². The molecule has 0 saturated heterocycles. The Morgan fingerprint density at radius 1 is 1.15 bits per heavy atom. The molecule has 1 unspecified atom stereocenters. The third kappa shape index (κ3) is 5.90. The first-order chi connectivity index (χ1) is 9.31. The van der Waals surface area contributed by atoms with Gasteiger partial charge in [0, 0.05) is 18.3 Å². The molecule has 5 nitrogen and oxygen atoms in total. The average molecular weight is 300 g/mol. The van der Waals surface area contributed by atoms with Gasteiger partial charge < -0.3 is 10.4 Å². The Hall–Kier alpha value is -1.11. The minimum absolute atomic E-state index is 0.127. The van der Waals surface area contributed by atoms with Crippen molar-refractivity contribution in [3.63, 3.8) is 0 Å². The van der Waals surface area contributed by atoms with Gasteiger partial charge in [0.05, 0.1) is 11.0 Å². The first-order valence-corrected chi connectivity index (χ1v) is 8.34. The second-order valence-electron chi connectivity index (χ2n) is 5.22. The van der Waals surface area contributed by atoms with Gasteiger partial charge in [0.1, 0.15) is 0 Å². The summed E-state index contributed by atoms with van der Waals surface area (Å²) >= 11 is 0. The van der Waals surface area contributed by atoms with Crippen molar-refractivity contribution in [2.45, 2.75) is 50.7 Å². The van der Waals surface area contributed by atoms with E-state index in [1.165, 1.54) is 0 Å². The number of aliphatic hydroxyl groups is 1. The van der Waals surface area contributed by atoms with Crippen LogP contribution >= 0.6 is 0 Å². The molecule has 0 spiro atoms. The monoisotopic (exact) mass is 300 g/mol. The van der Waals surface area contributed by atoms with Gasteiger partial charge in [-0.2, -0.15) is 0 Å². The summed E-state index contributed by atoms with van der Waals surface area (Å²) in [7, 11) is -3.42. The van der Waals surface area contributed by atoms with Gasteiger partial charge in [-0.1, -0.05) is 0 Å². The van der Waals surface area contributed by atoms with Crippen LogP contribution in [-0.2, 0) is 10.0 Å². The van der Waals surface area contributed by atoms with Crippen molar-refractivity contribution in [1.82, 2.24) is 4.72 Å². The molecule has 0 heterocycles. The zero-order chi connectivity index (χ0) is 15.2. The maximum absolute atomic E-state index is 11.9. The van der Waals surface area contributed by atoms with E-state index in [9.17, 15) is 8.42 Å². The van der Waals surface area contributed by atoms with Crippen LogP contribution in [0.15, 0.2) is 29.2 Å². The second kappa shape index (κ2) is 7.61. The van der Waals surface area contributed by atoms with Gasteiger partial charge in [-0.05, 0) is 57.9 Å². The van der Waals surface area contributed by atoms with Crippen LogP contribution in [0.3, 0.4) is 0 Å². The molecule has 0 amide bonds. The smallest absolute Gasteiger partial charge is 0.240 e. The van der Waals surface area contributed by atoms with Crippen LogP contribution in [0.25, 0.3) is 0 Å². The SMILES string of the molecule is CC(O)CCCNc1ccc(S(=O)(=O)NC(C)C)cc1. The van der Waals surface area contributed by atoms with Gasteiger partial charge in [0.25, 0.3) is 0 Å². The lowest BCUT2D eigenvalue weighted by atomic mass is 10.2. The molecule has 1 rings (SSSR count). The Balaban J connectivity index is 2.56. The highest BCUT2D eigenvalue weighted by Gasteiger charge is 2.14. The van der Waals surface area contributed by atoms with Crippen molar-refractivity contribution >= 4 is 15.7 Å². The minimum atomic E-state index is -3.42. The fourth-order valence-electron chi connectivity index (χ4n) is 1.76. The summed E-state index contributed by atoms with van der Waals surface area (Å²) in [5.74, 6) is 0. The molecule has 0 saturated carbocycles. The number of anilines is 1. The minimum Gasteiger partial charge on any atom is -0.393 e. The van der Waals surface area contributed by atoms with Crippen LogP contribution in [0.4, 0.5) is 5.69 Å². The standard InChI is InChI=1S/C14H24N2O3S/c1-11(2)16-20(18,19)14-8-6-13(7-9-14)15-10-4-5-12(3)17/h6-9,11-12,15-17H,4-5,10H2,1-3H3. The largest absolute Gasteiger partial charge is 0.393 e. The summed E-state index contributed by atoms with van der Waals surface area (Å²) < 4.78 is 26.4. The first kappa shape index (κ1) is 16.9. The molecule has 0 aromatic heterocycles. The van der Waals surface area contributed by atoms with Crippen LogP contribution in [0, 0.1) is 0 Å². The summed E-state index contributed by atoms with van der Waals surface area (Å²) in [6.45, 7) is 6.09. The molecule has 6 heteroatoms. The molecule has 114 valence electrons. The molecule has 1 aromatic rings. The summed E-state index contributed by atoms with van der Waals surface area (Å²) in [5.41, 5.74) is 0.874. The summed E-state index contributed by atoms with van der Waals surface area (Å²) in [5, 5.41) is 12.3. The Labute approximate surface area is 121 Å². The second-order valence-corrected chi connectivity index (χ2v) is 6.93. The lowest BCUT2D eigenvalue weighted by molar-refractivity contribution is 0.183. The van der Waals surface area contributed by atoms with E-state index in [2.05, 4.69) is 10.0 Å². The first-order valence-electron chi connectivity index (χ1n) is 6.85. The molecule has 0 aliphatic heterocycles. The quantitative estimate of drug-likeness (QED) is 0.641. The molecule has 3 N–H and O–H groups in total. The number of nitrogens with one attached hydrogen (secondary N) is 2. The molecule has 1 aromatic carbocycles. The van der Waals surface area contributed by atoms with E-state index in [1.54, 1.807) is 45.0 Å². The summed E-state index contributed by atoms with van der Waals surface area (Å²) in [4.78, 5) is 0.265. The van der Waals surface area contributed by atoms with E-state index in [-0.39, 0.29) is 17.0 Å². The van der Waals surface area contributed by atoms with Crippen molar-refractivity contribution in [1.29, 1.82) is 0 Å². The predicted molar refractivity (Wildman–Crippen MR) is 81.3 cm³/mol. The molecule has 0 radical (unpaired) electrons. The van der Waals surface area contributed by atoms with E-state index in [1.807, 2.05) is 0 Å². The number of aliphatic hydroxyl groups excluding tert-OH is 1. The number of hydrogen-bond acceptors (Lipinski definition) is 4. The van der Waals surface area contributed by atoms with Gasteiger partial charge in [0.15, 0.2) is 0 Å². The number of benzene rings is 1. The number of sulfonamides is 1. The van der Waals surface area contributed by atoms with Crippen molar-refractivity contribution in [3.05, 3.63) is 24.3 Å². The van der Waals surface area contributed by atoms with Crippen molar-refractivity contribution in [2.24, 2.45) is 0 Å². The fraction of sp³-hybridized carbons (Fsp3) is 0.571. The van der Waals surface area contributed by atoms with Crippen LogP contribution < -0.4 is 10.0 Å². The lowest BCUT2D eigenvalue weighted by Crippen LogP contribution is -2.30. The van der Waals surface area contributed by atoms with E-state index < -0.39 is 10.0 Å². The summed E-state index contributed by atoms with van der Waals surface area (Å²) in [6, 6.07) is 6.54. The van der Waals surface area contributed by atoms with Crippen LogP contribution in [-0.4, -0.2) is 32.2 Å². The molecule has 0 bridgehead atoms. The van der Waals surface area contributed by atoms with Crippen LogP contribution in [0.2, 0.25) is 0 Å². The van der Waals surface area contributed by atoms with Gasteiger partial charge in [-0.25, -0.2) is 13.1 Å². The number of hydrogen-bond donors (Lipinski definition) is 3. The van der Waals surface area contributed by atoms with Crippen LogP contribution in [0.5, 0.6) is 0 Å². The van der Waals surface area contributed by atoms with Crippen molar-refractivity contribution in [2.75, 3.05) is 11.9 Å². The highest BCUT2D eigenvalue weighted by Crippen LogP contribution is 2.14. The van der Waals surface area contributed by atoms with E-state index in [0.29, 0.717) is 0 Å². The number of rotatable bonds is 8. The molecule has 0 aliphatic rings. The lowest BCUT2D eigenvalue weighted by Gasteiger charge is -2.11. The Kier molecular flexibility index (Phi) is 6.45. The van der Waals surface area contributed by atoms with E-state index in [0.717, 1.165) is 25.1 Å². The maximum Gasteiger partial charge on any atom is 0.240 e. The molecular formula is C14H24N2O3S. The fourth-order valence-corrected chi connectivity index (χ4v) is 3.01. The molecule has 20 heavy (non-hydrogen) atoms. The molecule has 0 fully saturated rings. The average Bonchev–Trinajstić information content (AvgIpc) is 2.33. The molecule has 0 aliphatic carbocycles. The zero-order valence-electron chi connectivity index (χ0n) is 12.3. The highest BCUT2D eigenvalue weighted by molar-refractivity contribution is 7.89. The van der Waals surface area contributed by atoms with Gasteiger partial charge in [-0.15, -0.1) is 0 Å². The maximum atomic E-state index is 11.9. The third-order valence-corrected chi connectivity index (χ3v) is 4.36. The topological polar surface area (TPSA) is 78.4 Å².